The maximum absolute atomic E-state index is 12.6. The molecule has 0 aromatic heterocycles. The Morgan fingerprint density at radius 3 is 2.35 bits per heavy atom. The number of ether oxygens (including phenoxy) is 3. The van der Waals surface area contributed by atoms with Crippen molar-refractivity contribution in [1.29, 1.82) is 5.41 Å². The first-order valence-corrected chi connectivity index (χ1v) is 14.1. The normalized spacial score (nSPS) is 21.4. The Morgan fingerprint density at radius 1 is 1.05 bits per heavy atom. The number of piperidine rings is 1. The molecule has 0 saturated carbocycles. The van der Waals surface area contributed by atoms with Crippen LogP contribution in [0.3, 0.4) is 0 Å². The number of alkyl carbamates (subject to hydrolysis) is 1. The minimum absolute atomic E-state index is 0.0534. The number of hydrogen-bond donors (Lipinski definition) is 2. The van der Waals surface area contributed by atoms with Gasteiger partial charge in [-0.1, -0.05) is 0 Å². The van der Waals surface area contributed by atoms with Gasteiger partial charge in [0.25, 0.3) is 0 Å². The average molecular weight is 559 g/mol. The number of anilines is 1. The molecule has 40 heavy (non-hydrogen) atoms. The van der Waals surface area contributed by atoms with Crippen LogP contribution < -0.4 is 10.2 Å². The second-order valence-electron chi connectivity index (χ2n) is 11.0. The minimum Gasteiger partial charge on any atom is -0.463 e. The fourth-order valence-electron chi connectivity index (χ4n) is 5.15. The maximum Gasteiger partial charge on any atom is 0.414 e. The van der Waals surface area contributed by atoms with Gasteiger partial charge in [-0.25, -0.2) is 9.59 Å². The number of esters is 1. The zero-order valence-corrected chi connectivity index (χ0v) is 23.8. The fourth-order valence-corrected chi connectivity index (χ4v) is 5.15. The van der Waals surface area contributed by atoms with Gasteiger partial charge >= 0.3 is 18.2 Å². The molecule has 1 aromatic carbocycles. The van der Waals surface area contributed by atoms with Gasteiger partial charge in [0.15, 0.2) is 0 Å². The maximum atomic E-state index is 12.6. The largest absolute Gasteiger partial charge is 0.463 e. The summed E-state index contributed by atoms with van der Waals surface area (Å²) >= 11 is 0. The monoisotopic (exact) mass is 558 g/mol. The summed E-state index contributed by atoms with van der Waals surface area (Å²) in [5.41, 5.74) is 1.19. The molecule has 1 atom stereocenters. The molecule has 12 nitrogen and oxygen atoms in total. The molecule has 0 radical (unpaired) electrons. The Morgan fingerprint density at radius 2 is 1.70 bits per heavy atom. The van der Waals surface area contributed by atoms with Crippen LogP contribution in [0.2, 0.25) is 0 Å². The number of benzene rings is 1. The second kappa shape index (κ2) is 13.9. The highest BCUT2D eigenvalue weighted by Gasteiger charge is 2.34. The number of rotatable bonds is 9. The number of carbonyl (C=O) groups is 3. The number of piperazine rings is 1. The summed E-state index contributed by atoms with van der Waals surface area (Å²) in [6.07, 6.45) is 0.477. The summed E-state index contributed by atoms with van der Waals surface area (Å²) in [7, 11) is 2.04. The summed E-state index contributed by atoms with van der Waals surface area (Å²) in [5.74, 6) is -0.218. The Balaban J connectivity index is 1.18. The molecule has 3 saturated heterocycles. The van der Waals surface area contributed by atoms with Crippen molar-refractivity contribution in [3.05, 3.63) is 29.8 Å². The molecule has 3 fully saturated rings. The van der Waals surface area contributed by atoms with Gasteiger partial charge in [0.1, 0.15) is 18.0 Å². The minimum atomic E-state index is -0.621. The molecule has 1 aromatic rings. The molecule has 4 rings (SSSR count). The summed E-state index contributed by atoms with van der Waals surface area (Å²) in [6, 6.07) is 6.90. The molecule has 12 heteroatoms. The number of cyclic esters (lactones) is 1. The molecule has 0 spiro atoms. The van der Waals surface area contributed by atoms with E-state index in [1.54, 1.807) is 29.2 Å². The lowest BCUT2D eigenvalue weighted by Crippen LogP contribution is -2.49. The number of carbonyl (C=O) groups excluding carboxylic acids is 3. The topological polar surface area (TPSA) is 128 Å². The van der Waals surface area contributed by atoms with Gasteiger partial charge in [0.05, 0.1) is 19.1 Å². The van der Waals surface area contributed by atoms with E-state index in [-0.39, 0.29) is 30.1 Å². The second-order valence-corrected chi connectivity index (χ2v) is 11.0. The highest BCUT2D eigenvalue weighted by atomic mass is 16.6. The van der Waals surface area contributed by atoms with Crippen molar-refractivity contribution in [1.82, 2.24) is 20.0 Å². The van der Waals surface area contributed by atoms with E-state index in [0.717, 1.165) is 52.1 Å². The van der Waals surface area contributed by atoms with E-state index in [2.05, 4.69) is 20.0 Å². The van der Waals surface area contributed by atoms with Gasteiger partial charge in [-0.3, -0.25) is 25.3 Å². The van der Waals surface area contributed by atoms with Gasteiger partial charge < -0.3 is 24.0 Å². The van der Waals surface area contributed by atoms with Crippen LogP contribution >= 0.6 is 0 Å². The highest BCUT2D eigenvalue weighted by Crippen LogP contribution is 2.23. The third-order valence-corrected chi connectivity index (χ3v) is 7.43. The van der Waals surface area contributed by atoms with Crippen LogP contribution in [-0.4, -0.2) is 123 Å². The molecule has 3 heterocycles. The first kappa shape index (κ1) is 29.8. The van der Waals surface area contributed by atoms with Crippen LogP contribution in [0.4, 0.5) is 15.3 Å². The third kappa shape index (κ3) is 8.64. The van der Waals surface area contributed by atoms with Gasteiger partial charge in [-0.05, 0) is 58.0 Å². The van der Waals surface area contributed by atoms with Crippen molar-refractivity contribution in [2.24, 2.45) is 0 Å². The fraction of sp³-hybridized carbons (Fsp3) is 0.643. The molecule has 0 bridgehead atoms. The van der Waals surface area contributed by atoms with Gasteiger partial charge in [0.2, 0.25) is 0 Å². The van der Waals surface area contributed by atoms with Crippen LogP contribution in [0.1, 0.15) is 38.7 Å². The Bertz CT molecular complexity index is 1030. The Kier molecular flexibility index (Phi) is 10.3. The average Bonchev–Trinajstić information content (AvgIpc) is 3.29. The van der Waals surface area contributed by atoms with Crippen LogP contribution in [0.25, 0.3) is 0 Å². The van der Waals surface area contributed by atoms with E-state index < -0.39 is 12.2 Å². The lowest BCUT2D eigenvalue weighted by atomic mass is 10.1. The standard InChI is InChI=1S/C28H42N6O6/c1-20(2)38-25(35)10-13-32-14-16-33(17-15-32)18-24-19-34(28(37)40-24)22-6-4-21(5-7-22)26(29)30-27(36)39-23-8-11-31(3)12-9-23/h4-7,20,23-24H,8-19H2,1-3H3,(H2,29,30,36). The summed E-state index contributed by atoms with van der Waals surface area (Å²) < 4.78 is 16.3. The van der Waals surface area contributed by atoms with E-state index in [9.17, 15) is 14.4 Å². The van der Waals surface area contributed by atoms with Crippen molar-refractivity contribution >= 4 is 29.7 Å². The smallest absolute Gasteiger partial charge is 0.414 e. The number of amidine groups is 1. The van der Waals surface area contributed by atoms with E-state index >= 15 is 0 Å². The zero-order valence-electron chi connectivity index (χ0n) is 23.8. The van der Waals surface area contributed by atoms with Crippen LogP contribution in [0, 0.1) is 5.41 Å². The summed E-state index contributed by atoms with van der Waals surface area (Å²) in [6.45, 7) is 10.6. The van der Waals surface area contributed by atoms with Crippen molar-refractivity contribution in [3.8, 4) is 0 Å². The molecular formula is C28H42N6O6. The molecule has 2 N–H and O–H groups in total. The van der Waals surface area contributed by atoms with Crippen LogP contribution in [0.5, 0.6) is 0 Å². The predicted molar refractivity (Wildman–Crippen MR) is 150 cm³/mol. The van der Waals surface area contributed by atoms with E-state index in [1.165, 1.54) is 0 Å². The number of nitrogens with one attached hydrogen (secondary N) is 2. The lowest BCUT2D eigenvalue weighted by Gasteiger charge is -2.35. The van der Waals surface area contributed by atoms with Crippen molar-refractivity contribution in [2.45, 2.75) is 51.4 Å². The first-order valence-electron chi connectivity index (χ1n) is 14.1. The van der Waals surface area contributed by atoms with Crippen molar-refractivity contribution < 1.29 is 28.6 Å². The number of nitrogens with zero attached hydrogens (tertiary/aromatic N) is 4. The van der Waals surface area contributed by atoms with Crippen molar-refractivity contribution in [2.75, 3.05) is 70.9 Å². The quantitative estimate of drug-likeness (QED) is 0.203. The third-order valence-electron chi connectivity index (χ3n) is 7.43. The lowest BCUT2D eigenvalue weighted by molar-refractivity contribution is -0.147. The summed E-state index contributed by atoms with van der Waals surface area (Å²) in [5, 5.41) is 10.7. The number of hydrogen-bond acceptors (Lipinski definition) is 10. The summed E-state index contributed by atoms with van der Waals surface area (Å²) in [4.78, 5) is 44.9. The van der Waals surface area contributed by atoms with Gasteiger partial charge in [0, 0.05) is 63.6 Å². The molecule has 2 amide bonds. The SMILES string of the molecule is CC(C)OC(=O)CCN1CCN(CC2CN(c3ccc(C(=N)NC(=O)OC4CCN(C)CC4)cc3)C(=O)O2)CC1. The highest BCUT2D eigenvalue weighted by molar-refractivity contribution is 6.04. The molecule has 1 unspecified atom stereocenters. The zero-order chi connectivity index (χ0) is 28.6. The van der Waals surface area contributed by atoms with Gasteiger partial charge in [-0.2, -0.15) is 0 Å². The first-order chi connectivity index (χ1) is 19.2. The molecule has 0 aliphatic carbocycles. The molecule has 220 valence electrons. The van der Waals surface area contributed by atoms with E-state index in [0.29, 0.717) is 37.3 Å². The van der Waals surface area contributed by atoms with E-state index in [4.69, 9.17) is 19.6 Å². The Hall–Kier alpha value is -3.22. The van der Waals surface area contributed by atoms with Crippen molar-refractivity contribution in [3.63, 3.8) is 0 Å². The van der Waals surface area contributed by atoms with Gasteiger partial charge in [-0.15, -0.1) is 0 Å². The molecule has 3 aliphatic heterocycles. The predicted octanol–water partition coefficient (Wildman–Crippen LogP) is 2.12. The van der Waals surface area contributed by atoms with Crippen LogP contribution in [-0.2, 0) is 19.0 Å². The van der Waals surface area contributed by atoms with Crippen LogP contribution in [0.15, 0.2) is 24.3 Å². The molecule has 3 aliphatic rings. The molecular weight excluding hydrogens is 516 g/mol. The van der Waals surface area contributed by atoms with E-state index in [1.807, 2.05) is 20.9 Å². The Labute approximate surface area is 236 Å². The number of amides is 2. The number of likely N-dealkylation sites (tertiary alicyclic amines) is 1.